The maximum Gasteiger partial charge on any atom is 3.00 e. The van der Waals surface area contributed by atoms with Gasteiger partial charge in [-0.05, 0) is 0 Å². The van der Waals surface area contributed by atoms with Crippen LogP contribution in [0, 0.1) is 35.2 Å². The molecule has 0 unspecified atom stereocenters. The van der Waals surface area contributed by atoms with E-state index in [2.05, 4.69) is 0 Å². The van der Waals surface area contributed by atoms with Crippen molar-refractivity contribution in [2.24, 2.45) is 0 Å². The van der Waals surface area contributed by atoms with Crippen LogP contribution in [0.2, 0.25) is 0 Å². The zero-order valence-corrected chi connectivity index (χ0v) is 13.2. The molecule has 0 amide bonds. The van der Waals surface area contributed by atoms with Crippen LogP contribution < -0.4 is 37.2 Å². The van der Waals surface area contributed by atoms with Crippen LogP contribution in [0.5, 0.6) is 0 Å². The fourth-order valence-electron chi connectivity index (χ4n) is 0.816. The van der Waals surface area contributed by atoms with Gasteiger partial charge >= 0.3 is 21.7 Å². The quantitative estimate of drug-likeness (QED) is 0.140. The van der Waals surface area contributed by atoms with Crippen molar-refractivity contribution in [2.45, 2.75) is 0 Å². The molecule has 9 heteroatoms. The molecule has 0 bridgehead atoms. The first-order chi connectivity index (χ1) is 7.54. The van der Waals surface area contributed by atoms with Crippen molar-refractivity contribution in [3.8, 4) is 0 Å². The molecule has 20 heavy (non-hydrogen) atoms. The van der Waals surface area contributed by atoms with Crippen LogP contribution in [0.15, 0.2) is 30.3 Å². The molecule has 0 spiro atoms. The Morgan fingerprint density at radius 3 is 1.30 bits per heavy atom. The van der Waals surface area contributed by atoms with Gasteiger partial charge in [-0.3, -0.25) is 8.78 Å². The summed E-state index contributed by atoms with van der Waals surface area (Å²) < 4.78 is 59.9. The third kappa shape index (κ3) is 8.17. The number of hydrogen-bond acceptors (Lipinski definition) is 0. The Hall–Kier alpha value is -0.196. The molecule has 0 aliphatic heterocycles. The van der Waals surface area contributed by atoms with Gasteiger partial charge in [-0.15, -0.1) is 6.07 Å². The second-order valence-corrected chi connectivity index (χ2v) is 2.66. The maximum atomic E-state index is 12.0. The summed E-state index contributed by atoms with van der Waals surface area (Å²) in [5.41, 5.74) is 0. The van der Waals surface area contributed by atoms with Crippen LogP contribution in [-0.2, 0) is 21.7 Å². The van der Waals surface area contributed by atoms with Crippen LogP contribution in [-0.4, -0.2) is 0 Å². The molecule has 1 radical (unpaired) electrons. The van der Waals surface area contributed by atoms with E-state index in [1.165, 1.54) is 0 Å². The molecule has 0 N–H and O–H groups in total. The van der Waals surface area contributed by atoms with Crippen LogP contribution in [0.25, 0.3) is 0 Å². The van der Waals surface area contributed by atoms with Gasteiger partial charge in [-0.2, -0.15) is 18.2 Å². The zero-order valence-electron chi connectivity index (χ0n) is 9.41. The molecule has 0 aliphatic rings. The molecule has 0 aromatic heterocycles. The summed E-state index contributed by atoms with van der Waals surface area (Å²) in [5, 5.41) is 0. The molecule has 0 fully saturated rings. The Morgan fingerprint density at radius 1 is 0.700 bits per heavy atom. The van der Waals surface area contributed by atoms with Crippen molar-refractivity contribution in [3.05, 3.63) is 65.5 Å². The molecule has 0 heterocycles. The molecule has 0 saturated carbocycles. The SMILES string of the molecule is Fc1[c-]c(F)c(F)c(F)c1F.[Cl-].[Cl-].[Cl-].[Ti+3].c1cc[cH-]c1. The van der Waals surface area contributed by atoms with Gasteiger partial charge in [-0.1, -0.05) is 0 Å². The smallest absolute Gasteiger partial charge is 1.00 e. The molecule has 2 aromatic carbocycles. The Morgan fingerprint density at radius 2 is 1.05 bits per heavy atom. The van der Waals surface area contributed by atoms with Gasteiger partial charge in [0.15, 0.2) is 0 Å². The monoisotopic (exact) mass is 385 g/mol. The van der Waals surface area contributed by atoms with E-state index in [1.54, 1.807) is 0 Å². The van der Waals surface area contributed by atoms with Gasteiger partial charge in [0, 0.05) is 0 Å². The third-order valence-corrected chi connectivity index (χ3v) is 1.55. The fraction of sp³-hybridized carbons (Fsp3) is 0. The van der Waals surface area contributed by atoms with E-state index < -0.39 is 29.1 Å². The Labute approximate surface area is 146 Å². The molecule has 2 aromatic rings. The molecular weight excluding hydrogens is 381 g/mol. The van der Waals surface area contributed by atoms with E-state index in [0.29, 0.717) is 0 Å². The van der Waals surface area contributed by atoms with Crippen molar-refractivity contribution >= 4 is 0 Å². The van der Waals surface area contributed by atoms with E-state index >= 15 is 0 Å². The Kier molecular flexibility index (Phi) is 19.3. The summed E-state index contributed by atoms with van der Waals surface area (Å²) in [6, 6.07) is 11.0. The summed E-state index contributed by atoms with van der Waals surface area (Å²) >= 11 is 0. The first-order valence-corrected chi connectivity index (χ1v) is 4.11. The van der Waals surface area contributed by atoms with Crippen LogP contribution in [0.4, 0.5) is 22.0 Å². The van der Waals surface area contributed by atoms with Crippen molar-refractivity contribution in [1.82, 2.24) is 0 Å². The predicted molar refractivity (Wildman–Crippen MR) is 47.1 cm³/mol. The molecular formula is C11H5Cl3F5Ti-2. The van der Waals surface area contributed by atoms with Crippen molar-refractivity contribution < 1.29 is 80.9 Å². The summed E-state index contributed by atoms with van der Waals surface area (Å²) in [7, 11) is 0. The van der Waals surface area contributed by atoms with Gasteiger partial charge < -0.3 is 37.2 Å². The molecule has 0 aliphatic carbocycles. The standard InChI is InChI=1S/C6F5.C5H5.3ClH.Ti/c7-2-1-3(8)5(10)6(11)4(2)9;1-2-4-5-3-1;;;;/h;1-5H;3*1H;/q2*-1;;;;+3/p-3. The zero-order chi connectivity index (χ0) is 12.1. The van der Waals surface area contributed by atoms with Crippen molar-refractivity contribution in [3.63, 3.8) is 0 Å². The number of hydrogen-bond donors (Lipinski definition) is 0. The minimum atomic E-state index is -2.17. The van der Waals surface area contributed by atoms with Gasteiger partial charge in [0.25, 0.3) is 0 Å². The van der Waals surface area contributed by atoms with Crippen molar-refractivity contribution in [2.75, 3.05) is 0 Å². The van der Waals surface area contributed by atoms with E-state index in [0.717, 1.165) is 6.07 Å². The van der Waals surface area contributed by atoms with E-state index in [4.69, 9.17) is 0 Å². The maximum absolute atomic E-state index is 12.0. The van der Waals surface area contributed by atoms with Crippen molar-refractivity contribution in [1.29, 1.82) is 0 Å². The van der Waals surface area contributed by atoms with Gasteiger partial charge in [0.05, 0.1) is 29.1 Å². The minimum absolute atomic E-state index is 0. The average molecular weight is 386 g/mol. The van der Waals surface area contributed by atoms with E-state index in [1.807, 2.05) is 30.3 Å². The molecule has 111 valence electrons. The Balaban J connectivity index is -0.000000124. The number of benzene rings is 1. The number of rotatable bonds is 0. The minimum Gasteiger partial charge on any atom is -1.00 e. The predicted octanol–water partition coefficient (Wildman–Crippen LogP) is -5.40. The molecule has 0 nitrogen and oxygen atoms in total. The fourth-order valence-corrected chi connectivity index (χ4v) is 0.816. The average Bonchev–Trinajstić information content (AvgIpc) is 2.82. The summed E-state index contributed by atoms with van der Waals surface area (Å²) in [5.74, 6) is -10.0. The largest absolute Gasteiger partial charge is 3.00 e. The third-order valence-electron chi connectivity index (χ3n) is 1.55. The molecule has 2 rings (SSSR count). The second-order valence-electron chi connectivity index (χ2n) is 2.66. The first-order valence-electron chi connectivity index (χ1n) is 4.11. The van der Waals surface area contributed by atoms with Gasteiger partial charge in [-0.25, -0.2) is 25.3 Å². The summed E-state index contributed by atoms with van der Waals surface area (Å²) in [4.78, 5) is 0. The van der Waals surface area contributed by atoms with E-state index in [9.17, 15) is 22.0 Å². The van der Waals surface area contributed by atoms with Crippen LogP contribution >= 0.6 is 0 Å². The van der Waals surface area contributed by atoms with Crippen LogP contribution in [0.3, 0.4) is 0 Å². The number of halogens is 8. The van der Waals surface area contributed by atoms with Gasteiger partial charge in [0.1, 0.15) is 0 Å². The topological polar surface area (TPSA) is 0 Å². The second kappa shape index (κ2) is 13.8. The van der Waals surface area contributed by atoms with Gasteiger partial charge in [0.2, 0.25) is 0 Å². The normalized spacial score (nSPS) is 7.65. The van der Waals surface area contributed by atoms with E-state index in [-0.39, 0.29) is 58.9 Å². The summed E-state index contributed by atoms with van der Waals surface area (Å²) in [6.07, 6.45) is 0. The summed E-state index contributed by atoms with van der Waals surface area (Å²) in [6.45, 7) is 0. The molecule has 0 saturated heterocycles. The molecule has 0 atom stereocenters. The van der Waals surface area contributed by atoms with Crippen LogP contribution in [0.1, 0.15) is 0 Å². The first kappa shape index (κ1) is 28.0. The Bertz CT molecular complexity index is 422.